The molecule has 2 saturated carbocycles. The van der Waals surface area contributed by atoms with E-state index < -0.39 is 0 Å². The molecule has 0 N–H and O–H groups in total. The topological polar surface area (TPSA) is 56.9 Å². The monoisotopic (exact) mass is 747 g/mol. The maximum atomic E-state index is 6.66. The minimum Gasteiger partial charge on any atom is -0.493 e. The first-order valence-corrected chi connectivity index (χ1v) is 22.4. The molecule has 1 aromatic heterocycles. The molecule has 2 aliphatic carbocycles. The van der Waals surface area contributed by atoms with Gasteiger partial charge in [0.15, 0.2) is 5.58 Å². The molecule has 2 atom stereocenters. The zero-order valence-corrected chi connectivity index (χ0v) is 35.2. The minimum atomic E-state index is 0.528. The number of hydrogen-bond donors (Lipinski definition) is 0. The molecule has 2 fully saturated rings. The molecule has 4 aromatic rings. The Kier molecular flexibility index (Phi) is 15.3. The largest absolute Gasteiger partial charge is 0.493 e. The Bertz CT molecular complexity index is 1810. The first kappa shape index (κ1) is 41.0. The number of aromatic nitrogens is 1. The second kappa shape index (κ2) is 20.5. The zero-order valence-electron chi connectivity index (χ0n) is 35.2. The van der Waals surface area contributed by atoms with Crippen molar-refractivity contribution in [1.29, 1.82) is 0 Å². The lowest BCUT2D eigenvalue weighted by Gasteiger charge is -2.26. The van der Waals surface area contributed by atoms with Gasteiger partial charge >= 0.3 is 0 Å². The Morgan fingerprint density at radius 2 is 1.27 bits per heavy atom. The van der Waals surface area contributed by atoms with Crippen molar-refractivity contribution < 1.29 is 13.9 Å². The van der Waals surface area contributed by atoms with Crippen LogP contribution in [0.4, 0.5) is 5.69 Å². The molecule has 55 heavy (non-hydrogen) atoms. The van der Waals surface area contributed by atoms with Crippen LogP contribution in [0.5, 0.6) is 11.5 Å². The van der Waals surface area contributed by atoms with Crippen LogP contribution in [0.1, 0.15) is 184 Å². The lowest BCUT2D eigenvalue weighted by atomic mass is 9.83. The Hall–Kier alpha value is -3.60. The lowest BCUT2D eigenvalue weighted by molar-refractivity contribution is 0.229. The van der Waals surface area contributed by atoms with Gasteiger partial charge in [0.25, 0.3) is 0 Å². The van der Waals surface area contributed by atoms with E-state index in [0.717, 1.165) is 64.8 Å². The average molecular weight is 747 g/mol. The first-order valence-electron chi connectivity index (χ1n) is 22.4. The molecule has 2 unspecified atom stereocenters. The highest BCUT2D eigenvalue weighted by atomic mass is 16.5. The van der Waals surface area contributed by atoms with E-state index >= 15 is 0 Å². The number of aliphatic imine (C=N–C) groups is 1. The maximum absolute atomic E-state index is 6.66. The van der Waals surface area contributed by atoms with Gasteiger partial charge < -0.3 is 13.9 Å². The molecule has 0 spiro atoms. The van der Waals surface area contributed by atoms with Gasteiger partial charge in [-0.25, -0.2) is 4.98 Å². The normalized spacial score (nSPS) is 17.1. The second-order valence-corrected chi connectivity index (χ2v) is 17.0. The Labute approximate surface area is 333 Å². The van der Waals surface area contributed by atoms with Crippen LogP contribution in [0.2, 0.25) is 0 Å². The van der Waals surface area contributed by atoms with Gasteiger partial charge in [0, 0.05) is 17.3 Å². The Morgan fingerprint density at radius 1 is 0.727 bits per heavy atom. The molecular formula is C50H70N2O3. The van der Waals surface area contributed by atoms with Crippen molar-refractivity contribution in [3.05, 3.63) is 70.8 Å². The maximum Gasteiger partial charge on any atom is 0.227 e. The van der Waals surface area contributed by atoms with Gasteiger partial charge in [0.2, 0.25) is 5.89 Å². The molecule has 0 aliphatic heterocycles. The third kappa shape index (κ3) is 10.8. The summed E-state index contributed by atoms with van der Waals surface area (Å²) >= 11 is 0. The molecule has 298 valence electrons. The fourth-order valence-corrected chi connectivity index (χ4v) is 8.93. The lowest BCUT2D eigenvalue weighted by Crippen LogP contribution is -2.14. The van der Waals surface area contributed by atoms with Gasteiger partial charge in [0.1, 0.15) is 17.0 Å². The van der Waals surface area contributed by atoms with Gasteiger partial charge in [0.05, 0.1) is 18.9 Å². The van der Waals surface area contributed by atoms with Gasteiger partial charge in [-0.15, -0.1) is 0 Å². The molecule has 5 nitrogen and oxygen atoms in total. The number of rotatable bonds is 19. The smallest absolute Gasteiger partial charge is 0.227 e. The number of aryl methyl sites for hydroxylation is 1. The van der Waals surface area contributed by atoms with Crippen molar-refractivity contribution in [2.45, 2.75) is 169 Å². The molecule has 5 heteroatoms. The van der Waals surface area contributed by atoms with Crippen LogP contribution >= 0.6 is 0 Å². The summed E-state index contributed by atoms with van der Waals surface area (Å²) in [4.78, 5) is 10.3. The van der Waals surface area contributed by atoms with Crippen molar-refractivity contribution >= 4 is 22.5 Å². The van der Waals surface area contributed by atoms with Crippen LogP contribution in [-0.4, -0.2) is 23.9 Å². The second-order valence-electron chi connectivity index (χ2n) is 17.0. The predicted octanol–water partition coefficient (Wildman–Crippen LogP) is 15.2. The molecule has 0 amide bonds. The molecular weight excluding hydrogens is 677 g/mol. The highest BCUT2D eigenvalue weighted by Gasteiger charge is 2.24. The number of oxazole rings is 1. The van der Waals surface area contributed by atoms with Crippen molar-refractivity contribution in [3.8, 4) is 23.0 Å². The number of benzene rings is 3. The summed E-state index contributed by atoms with van der Waals surface area (Å²) in [6.45, 7) is 15.0. The van der Waals surface area contributed by atoms with E-state index in [-0.39, 0.29) is 0 Å². The SMILES string of the molecule is CCCCC(CC)COc1cc(C)c(N=C(C)c2ccc(-c3nc4cc(C5CCCCC5)c(OCC(CC)CCCC)cc4o3)cc2)cc1C1CCCCC1. The van der Waals surface area contributed by atoms with Gasteiger partial charge in [-0.3, -0.25) is 4.99 Å². The summed E-state index contributed by atoms with van der Waals surface area (Å²) < 4.78 is 19.8. The van der Waals surface area contributed by atoms with Crippen molar-refractivity contribution in [3.63, 3.8) is 0 Å². The predicted molar refractivity (Wildman–Crippen MR) is 232 cm³/mol. The Balaban J connectivity index is 1.22. The van der Waals surface area contributed by atoms with Gasteiger partial charge in [-0.2, -0.15) is 0 Å². The van der Waals surface area contributed by atoms with Crippen LogP contribution < -0.4 is 9.47 Å². The van der Waals surface area contributed by atoms with Crippen LogP contribution in [0, 0.1) is 18.8 Å². The number of fused-ring (bicyclic) bond motifs is 1. The molecule has 0 saturated heterocycles. The Morgan fingerprint density at radius 3 is 1.82 bits per heavy atom. The summed E-state index contributed by atoms with van der Waals surface area (Å²) in [6, 6.07) is 17.6. The third-order valence-corrected chi connectivity index (χ3v) is 12.8. The molecule has 1 heterocycles. The van der Waals surface area contributed by atoms with E-state index in [9.17, 15) is 0 Å². The zero-order chi connectivity index (χ0) is 38.6. The van der Waals surface area contributed by atoms with Crippen molar-refractivity contribution in [2.75, 3.05) is 13.2 Å². The van der Waals surface area contributed by atoms with Crippen LogP contribution in [-0.2, 0) is 0 Å². The summed E-state index contributed by atoms with van der Waals surface area (Å²) in [5.41, 5.74) is 9.69. The van der Waals surface area contributed by atoms with Gasteiger partial charge in [-0.05, 0) is 129 Å². The summed E-state index contributed by atoms with van der Waals surface area (Å²) in [6.07, 6.45) is 22.5. The van der Waals surface area contributed by atoms with Gasteiger partial charge in [-0.1, -0.05) is 117 Å². The van der Waals surface area contributed by atoms with E-state index in [2.05, 4.69) is 90.1 Å². The van der Waals surface area contributed by atoms with Crippen molar-refractivity contribution in [1.82, 2.24) is 4.98 Å². The standard InChI is InChI=1S/C50H70N2O3/c1-7-11-19-37(9-3)33-53-47-29-35(5)45(30-43(47)40-21-15-13-16-22-40)51-36(6)39-25-27-42(28-26-39)50-52-46-31-44(41-23-17-14-18-24-41)48(32-49(46)55-50)54-34-38(10-4)20-12-8-2/h25-32,37-38,40-41H,7-24,33-34H2,1-6H3. The number of unbranched alkanes of at least 4 members (excludes halogenated alkanes) is 2. The van der Waals surface area contributed by atoms with E-state index in [1.807, 2.05) is 0 Å². The van der Waals surface area contributed by atoms with E-state index in [0.29, 0.717) is 29.6 Å². The van der Waals surface area contributed by atoms with E-state index in [4.69, 9.17) is 23.9 Å². The summed E-state index contributed by atoms with van der Waals surface area (Å²) in [5, 5.41) is 0. The number of nitrogens with zero attached hydrogens (tertiary/aromatic N) is 2. The highest BCUT2D eigenvalue weighted by molar-refractivity contribution is 6.00. The third-order valence-electron chi connectivity index (χ3n) is 12.8. The van der Waals surface area contributed by atoms with Crippen molar-refractivity contribution in [2.24, 2.45) is 16.8 Å². The molecule has 0 bridgehead atoms. The minimum absolute atomic E-state index is 0.528. The fraction of sp³-hybridized carbons (Fsp3) is 0.600. The molecule has 3 aromatic carbocycles. The summed E-state index contributed by atoms with van der Waals surface area (Å²) in [5.74, 6) is 5.01. The van der Waals surface area contributed by atoms with Crippen LogP contribution in [0.25, 0.3) is 22.6 Å². The fourth-order valence-electron chi connectivity index (χ4n) is 8.93. The number of ether oxygens (including phenoxy) is 2. The molecule has 0 radical (unpaired) electrons. The average Bonchev–Trinajstić information content (AvgIpc) is 3.65. The quantitative estimate of drug-likeness (QED) is 0.0897. The van der Waals surface area contributed by atoms with Crippen LogP contribution in [0.15, 0.2) is 57.9 Å². The van der Waals surface area contributed by atoms with E-state index in [1.54, 1.807) is 0 Å². The molecule has 2 aliphatic rings. The highest BCUT2D eigenvalue weighted by Crippen LogP contribution is 2.43. The molecule has 6 rings (SSSR count). The number of hydrogen-bond acceptors (Lipinski definition) is 5. The summed E-state index contributed by atoms with van der Waals surface area (Å²) in [7, 11) is 0. The first-order chi connectivity index (χ1) is 26.9. The van der Waals surface area contributed by atoms with E-state index in [1.165, 1.54) is 126 Å². The van der Waals surface area contributed by atoms with Crippen LogP contribution in [0.3, 0.4) is 0 Å².